The normalized spacial score (nSPS) is 12.1. The molecule has 8 heteroatoms. The summed E-state index contributed by atoms with van der Waals surface area (Å²) < 4.78 is 0. The fourth-order valence-corrected chi connectivity index (χ4v) is 2.55. The first-order valence-electron chi connectivity index (χ1n) is 7.29. The number of aromatic nitrogens is 1. The summed E-state index contributed by atoms with van der Waals surface area (Å²) in [6, 6.07) is 7.75. The van der Waals surface area contributed by atoms with E-state index in [-0.39, 0.29) is 17.1 Å². The molecular formula is C17H16N4O3S. The summed E-state index contributed by atoms with van der Waals surface area (Å²) >= 11 is 1.31. The molecule has 0 aliphatic heterocycles. The van der Waals surface area contributed by atoms with Crippen molar-refractivity contribution in [2.75, 3.05) is 0 Å². The molecule has 0 atom stereocenters. The zero-order chi connectivity index (χ0) is 18.6. The Morgan fingerprint density at radius 2 is 1.68 bits per heavy atom. The lowest BCUT2D eigenvalue weighted by molar-refractivity contribution is -0.114. The Labute approximate surface area is 148 Å². The molecule has 0 saturated heterocycles. The summed E-state index contributed by atoms with van der Waals surface area (Å²) in [5.74, 6) is -2.25. The fraction of sp³-hybridized carbons (Fsp3) is 0.176. The van der Waals surface area contributed by atoms with E-state index in [1.54, 1.807) is 5.38 Å². The summed E-state index contributed by atoms with van der Waals surface area (Å²) in [6.45, 7) is 4.63. The van der Waals surface area contributed by atoms with Crippen LogP contribution in [-0.2, 0) is 9.59 Å². The minimum atomic E-state index is -0.810. The molecule has 2 N–H and O–H groups in total. The molecule has 3 amide bonds. The molecule has 2 rings (SSSR count). The number of aryl methyl sites for hydroxylation is 1. The molecule has 0 spiro atoms. The second-order valence-electron chi connectivity index (χ2n) is 5.27. The van der Waals surface area contributed by atoms with Gasteiger partial charge in [-0.25, -0.2) is 15.0 Å². The fourth-order valence-electron chi connectivity index (χ4n) is 1.75. The maximum atomic E-state index is 12.1. The van der Waals surface area contributed by atoms with Crippen molar-refractivity contribution in [3.05, 3.63) is 40.9 Å². The molecule has 1 aromatic carbocycles. The number of nitrogens with two attached hydrogens (primary N) is 1. The maximum Gasteiger partial charge on any atom is 0.296 e. The maximum absolute atomic E-state index is 12.1. The van der Waals surface area contributed by atoms with Crippen LogP contribution < -0.4 is 5.73 Å². The van der Waals surface area contributed by atoms with Gasteiger partial charge >= 0.3 is 0 Å². The van der Waals surface area contributed by atoms with E-state index in [1.165, 1.54) is 25.2 Å². The number of carbonyl (C=O) groups excluding carboxylic acids is 3. The van der Waals surface area contributed by atoms with Crippen molar-refractivity contribution >= 4 is 40.5 Å². The van der Waals surface area contributed by atoms with Gasteiger partial charge in [0.1, 0.15) is 22.1 Å². The first kappa shape index (κ1) is 18.3. The molecule has 7 nitrogen and oxygen atoms in total. The van der Waals surface area contributed by atoms with Gasteiger partial charge in [-0.1, -0.05) is 29.8 Å². The van der Waals surface area contributed by atoms with Crippen LogP contribution in [0.1, 0.15) is 29.9 Å². The van der Waals surface area contributed by atoms with Crippen LogP contribution in [-0.4, -0.2) is 34.1 Å². The quantitative estimate of drug-likeness (QED) is 0.845. The van der Waals surface area contributed by atoms with Crippen LogP contribution in [0.25, 0.3) is 10.6 Å². The highest BCUT2D eigenvalue weighted by molar-refractivity contribution is 7.13. The van der Waals surface area contributed by atoms with E-state index in [1.807, 2.05) is 31.2 Å². The number of aliphatic imine (C=N–C) groups is 2. The number of benzene rings is 1. The average molecular weight is 356 g/mol. The molecule has 1 aromatic heterocycles. The molecule has 2 aromatic rings. The summed E-state index contributed by atoms with van der Waals surface area (Å²) in [5, 5.41) is 2.27. The van der Waals surface area contributed by atoms with Gasteiger partial charge in [-0.3, -0.25) is 14.4 Å². The largest absolute Gasteiger partial charge is 0.365 e. The van der Waals surface area contributed by atoms with Gasteiger partial charge in [-0.2, -0.15) is 0 Å². The second kappa shape index (κ2) is 7.71. The lowest BCUT2D eigenvalue weighted by Crippen LogP contribution is -2.23. The molecule has 0 saturated carbocycles. The Balaban J connectivity index is 2.18. The van der Waals surface area contributed by atoms with Crippen LogP contribution in [0, 0.1) is 6.92 Å². The van der Waals surface area contributed by atoms with E-state index in [0.717, 1.165) is 11.1 Å². The SMILES string of the molecule is CC(=NC(=O)C(C)=NC(=O)c1csc(-c2ccc(C)cc2)n1)C(N)=O. The number of amides is 3. The zero-order valence-electron chi connectivity index (χ0n) is 13.9. The van der Waals surface area contributed by atoms with Crippen molar-refractivity contribution in [2.24, 2.45) is 15.7 Å². The third-order valence-corrected chi connectivity index (χ3v) is 4.12. The zero-order valence-corrected chi connectivity index (χ0v) is 14.8. The lowest BCUT2D eigenvalue weighted by Gasteiger charge is -1.97. The van der Waals surface area contributed by atoms with Gasteiger partial charge in [0.05, 0.1) is 0 Å². The van der Waals surface area contributed by atoms with Crippen LogP contribution in [0.5, 0.6) is 0 Å². The molecule has 128 valence electrons. The van der Waals surface area contributed by atoms with Crippen molar-refractivity contribution < 1.29 is 14.4 Å². The molecule has 0 unspecified atom stereocenters. The van der Waals surface area contributed by atoms with Gasteiger partial charge in [0, 0.05) is 10.9 Å². The molecule has 25 heavy (non-hydrogen) atoms. The molecule has 0 aliphatic carbocycles. The Kier molecular flexibility index (Phi) is 5.66. The molecule has 0 fully saturated rings. The van der Waals surface area contributed by atoms with E-state index in [0.29, 0.717) is 5.01 Å². The third kappa shape index (κ3) is 4.74. The molecule has 0 bridgehead atoms. The molecule has 0 aliphatic rings. The number of hydrogen-bond donors (Lipinski definition) is 1. The van der Waals surface area contributed by atoms with Gasteiger partial charge in [0.15, 0.2) is 0 Å². The molecule has 1 heterocycles. The lowest BCUT2D eigenvalue weighted by atomic mass is 10.2. The van der Waals surface area contributed by atoms with Crippen molar-refractivity contribution in [2.45, 2.75) is 20.8 Å². The average Bonchev–Trinajstić information content (AvgIpc) is 3.05. The second-order valence-corrected chi connectivity index (χ2v) is 6.13. The van der Waals surface area contributed by atoms with Crippen LogP contribution in [0.3, 0.4) is 0 Å². The number of thiazole rings is 1. The first-order valence-corrected chi connectivity index (χ1v) is 8.17. The van der Waals surface area contributed by atoms with Gasteiger partial charge in [0.25, 0.3) is 17.7 Å². The van der Waals surface area contributed by atoms with Gasteiger partial charge < -0.3 is 5.73 Å². The third-order valence-electron chi connectivity index (χ3n) is 3.23. The van der Waals surface area contributed by atoms with Gasteiger partial charge in [0.2, 0.25) is 0 Å². The van der Waals surface area contributed by atoms with Gasteiger partial charge in [-0.05, 0) is 20.8 Å². The van der Waals surface area contributed by atoms with Gasteiger partial charge in [-0.15, -0.1) is 11.3 Å². The molecular weight excluding hydrogens is 340 g/mol. The summed E-state index contributed by atoms with van der Waals surface area (Å²) in [6.07, 6.45) is 0. The Hall–Kier alpha value is -3.00. The summed E-state index contributed by atoms with van der Waals surface area (Å²) in [7, 11) is 0. The van der Waals surface area contributed by atoms with Crippen molar-refractivity contribution in [1.82, 2.24) is 4.98 Å². The van der Waals surface area contributed by atoms with Crippen LogP contribution in [0.4, 0.5) is 0 Å². The standard InChI is InChI=1S/C17H16N4O3S/c1-9-4-6-12(7-5-9)17-21-13(8-25-17)16(24)20-11(3)15(23)19-10(2)14(18)22/h4-8H,1-3H3,(H2,18,22). The highest BCUT2D eigenvalue weighted by atomic mass is 32.1. The van der Waals surface area contributed by atoms with Crippen molar-refractivity contribution in [3.8, 4) is 10.6 Å². The van der Waals surface area contributed by atoms with Crippen LogP contribution in [0.15, 0.2) is 39.6 Å². The summed E-state index contributed by atoms with van der Waals surface area (Å²) in [5.41, 5.74) is 6.88. The monoisotopic (exact) mass is 356 g/mol. The van der Waals surface area contributed by atoms with E-state index in [9.17, 15) is 14.4 Å². The van der Waals surface area contributed by atoms with Crippen LogP contribution >= 0.6 is 11.3 Å². The number of hydrogen-bond acceptors (Lipinski definition) is 5. The Morgan fingerprint density at radius 1 is 1.04 bits per heavy atom. The number of rotatable bonds is 4. The first-order chi connectivity index (χ1) is 11.8. The van der Waals surface area contributed by atoms with E-state index >= 15 is 0 Å². The minimum Gasteiger partial charge on any atom is -0.365 e. The van der Waals surface area contributed by atoms with E-state index < -0.39 is 17.7 Å². The number of carbonyl (C=O) groups is 3. The highest BCUT2D eigenvalue weighted by Crippen LogP contribution is 2.24. The minimum absolute atomic E-state index is 0.142. The van der Waals surface area contributed by atoms with E-state index in [4.69, 9.17) is 5.73 Å². The number of primary amides is 1. The predicted molar refractivity (Wildman–Crippen MR) is 97.0 cm³/mol. The molecule has 0 radical (unpaired) electrons. The van der Waals surface area contributed by atoms with Crippen LogP contribution in [0.2, 0.25) is 0 Å². The van der Waals surface area contributed by atoms with Crippen molar-refractivity contribution in [1.29, 1.82) is 0 Å². The number of nitrogens with zero attached hydrogens (tertiary/aromatic N) is 3. The van der Waals surface area contributed by atoms with E-state index in [2.05, 4.69) is 15.0 Å². The Bertz CT molecular complexity index is 895. The summed E-state index contributed by atoms with van der Waals surface area (Å²) in [4.78, 5) is 46.2. The Morgan fingerprint density at radius 3 is 2.28 bits per heavy atom. The predicted octanol–water partition coefficient (Wildman–Crippen LogP) is 2.19. The topological polar surface area (TPSA) is 115 Å². The smallest absolute Gasteiger partial charge is 0.296 e. The van der Waals surface area contributed by atoms with Crippen molar-refractivity contribution in [3.63, 3.8) is 0 Å². The highest BCUT2D eigenvalue weighted by Gasteiger charge is 2.14.